The summed E-state index contributed by atoms with van der Waals surface area (Å²) in [6, 6.07) is 7.14. The van der Waals surface area contributed by atoms with Crippen molar-refractivity contribution < 1.29 is 4.79 Å². The first-order chi connectivity index (χ1) is 7.13. The molecule has 0 aliphatic carbocycles. The zero-order valence-electron chi connectivity index (χ0n) is 8.75. The molecule has 0 saturated heterocycles. The minimum Gasteiger partial charge on any atom is -0.293 e. The molecule has 0 atom stereocenters. The predicted molar refractivity (Wildman–Crippen MR) is 63.5 cm³/mol. The molecule has 0 saturated carbocycles. The van der Waals surface area contributed by atoms with Gasteiger partial charge in [0.05, 0.1) is 5.69 Å². The molecule has 15 heavy (non-hydrogen) atoms. The van der Waals surface area contributed by atoms with Gasteiger partial charge in [-0.3, -0.25) is 10.2 Å². The molecule has 0 fully saturated rings. The average Bonchev–Trinajstić information content (AvgIpc) is 2.21. The first kappa shape index (κ1) is 11.7. The van der Waals surface area contributed by atoms with Crippen LogP contribution in [0.25, 0.3) is 0 Å². The third kappa shape index (κ3) is 3.72. The van der Waals surface area contributed by atoms with Gasteiger partial charge in [0, 0.05) is 11.9 Å². The summed E-state index contributed by atoms with van der Waals surface area (Å²) >= 11 is 5.73. The van der Waals surface area contributed by atoms with Crippen molar-refractivity contribution in [2.45, 2.75) is 20.3 Å². The van der Waals surface area contributed by atoms with E-state index in [1.54, 1.807) is 24.3 Å². The lowest BCUT2D eigenvalue weighted by atomic mass is 10.2. The maximum absolute atomic E-state index is 11.1. The van der Waals surface area contributed by atoms with Gasteiger partial charge in [-0.1, -0.05) is 18.5 Å². The van der Waals surface area contributed by atoms with Crippen molar-refractivity contribution in [1.29, 1.82) is 0 Å². The van der Waals surface area contributed by atoms with Crippen molar-refractivity contribution in [3.8, 4) is 0 Å². The van der Waals surface area contributed by atoms with Gasteiger partial charge in [0.25, 0.3) is 0 Å². The van der Waals surface area contributed by atoms with E-state index in [1.807, 2.05) is 6.92 Å². The van der Waals surface area contributed by atoms with E-state index in [0.717, 1.165) is 5.69 Å². The Morgan fingerprint density at radius 2 is 2.00 bits per heavy atom. The third-order valence-corrected chi connectivity index (χ3v) is 2.16. The van der Waals surface area contributed by atoms with Crippen LogP contribution in [0.15, 0.2) is 29.4 Å². The molecule has 0 bridgehead atoms. The molecular weight excluding hydrogens is 212 g/mol. The predicted octanol–water partition coefficient (Wildman–Crippen LogP) is 3.11. The van der Waals surface area contributed by atoms with E-state index in [1.165, 1.54) is 6.92 Å². The van der Waals surface area contributed by atoms with Crippen LogP contribution in [-0.2, 0) is 4.79 Å². The Kier molecular flexibility index (Phi) is 4.31. The molecule has 1 N–H and O–H groups in total. The molecule has 0 heterocycles. The Labute approximate surface area is 94.1 Å². The normalized spacial score (nSPS) is 11.3. The zero-order chi connectivity index (χ0) is 11.3. The second-order valence-corrected chi connectivity index (χ2v) is 3.52. The largest absolute Gasteiger partial charge is 0.293 e. The molecule has 1 aromatic rings. The number of benzene rings is 1. The average molecular weight is 225 g/mol. The van der Waals surface area contributed by atoms with Crippen LogP contribution in [0.2, 0.25) is 5.02 Å². The number of hydrogen-bond acceptors (Lipinski definition) is 3. The Balaban J connectivity index is 2.70. The van der Waals surface area contributed by atoms with Crippen LogP contribution < -0.4 is 5.43 Å². The van der Waals surface area contributed by atoms with Crippen molar-refractivity contribution in [3.63, 3.8) is 0 Å². The highest BCUT2D eigenvalue weighted by atomic mass is 35.5. The van der Waals surface area contributed by atoms with Crippen LogP contribution in [0.4, 0.5) is 5.69 Å². The lowest BCUT2D eigenvalue weighted by molar-refractivity contribution is -0.111. The van der Waals surface area contributed by atoms with E-state index >= 15 is 0 Å². The van der Waals surface area contributed by atoms with Crippen LogP contribution >= 0.6 is 11.6 Å². The second-order valence-electron chi connectivity index (χ2n) is 3.09. The van der Waals surface area contributed by atoms with Gasteiger partial charge in [-0.25, -0.2) is 0 Å². The summed E-state index contributed by atoms with van der Waals surface area (Å²) in [6.45, 7) is 3.40. The molecule has 1 rings (SSSR count). The molecule has 4 heteroatoms. The van der Waals surface area contributed by atoms with Crippen LogP contribution in [-0.4, -0.2) is 11.5 Å². The van der Waals surface area contributed by atoms with Gasteiger partial charge in [-0.2, -0.15) is 5.10 Å². The minimum absolute atomic E-state index is 0.0148. The van der Waals surface area contributed by atoms with E-state index in [0.29, 0.717) is 17.2 Å². The number of nitrogens with zero attached hydrogens (tertiary/aromatic N) is 1. The number of hydrazone groups is 1. The second kappa shape index (κ2) is 5.51. The standard InChI is InChI=1S/C11H13ClN2O/c1-3-11(8(2)15)14-13-10-6-4-9(12)5-7-10/h4-7,13H,3H2,1-2H3. The molecule has 80 valence electrons. The van der Waals surface area contributed by atoms with Crippen molar-refractivity contribution >= 4 is 28.8 Å². The van der Waals surface area contributed by atoms with Gasteiger partial charge in [-0.05, 0) is 30.7 Å². The van der Waals surface area contributed by atoms with Gasteiger partial charge in [0.2, 0.25) is 0 Å². The molecule has 3 nitrogen and oxygen atoms in total. The monoisotopic (exact) mass is 224 g/mol. The van der Waals surface area contributed by atoms with Crippen LogP contribution in [0.5, 0.6) is 0 Å². The fourth-order valence-electron chi connectivity index (χ4n) is 1.06. The number of nitrogens with one attached hydrogen (secondary N) is 1. The van der Waals surface area contributed by atoms with Crippen molar-refractivity contribution in [1.82, 2.24) is 0 Å². The van der Waals surface area contributed by atoms with Gasteiger partial charge >= 0.3 is 0 Å². The Hall–Kier alpha value is -1.35. The van der Waals surface area contributed by atoms with Crippen LogP contribution in [0.3, 0.4) is 0 Å². The number of rotatable bonds is 4. The van der Waals surface area contributed by atoms with E-state index < -0.39 is 0 Å². The molecule has 0 unspecified atom stereocenters. The quantitative estimate of drug-likeness (QED) is 0.631. The fourth-order valence-corrected chi connectivity index (χ4v) is 1.19. The number of ketones is 1. The smallest absolute Gasteiger partial charge is 0.175 e. The number of carbonyl (C=O) groups is 1. The van der Waals surface area contributed by atoms with E-state index in [4.69, 9.17) is 11.6 Å². The Morgan fingerprint density at radius 1 is 1.40 bits per heavy atom. The van der Waals surface area contributed by atoms with Gasteiger partial charge in [0.15, 0.2) is 5.78 Å². The number of halogens is 1. The summed E-state index contributed by atoms with van der Waals surface area (Å²) < 4.78 is 0. The number of anilines is 1. The molecule has 0 aliphatic heterocycles. The topological polar surface area (TPSA) is 41.5 Å². The van der Waals surface area contributed by atoms with Gasteiger partial charge in [-0.15, -0.1) is 0 Å². The maximum atomic E-state index is 11.1. The number of hydrogen-bond donors (Lipinski definition) is 1. The lowest BCUT2D eigenvalue weighted by Gasteiger charge is -2.02. The highest BCUT2D eigenvalue weighted by Crippen LogP contribution is 2.13. The highest BCUT2D eigenvalue weighted by Gasteiger charge is 2.01. The van der Waals surface area contributed by atoms with Gasteiger partial charge < -0.3 is 0 Å². The lowest BCUT2D eigenvalue weighted by Crippen LogP contribution is -2.10. The van der Waals surface area contributed by atoms with E-state index in [2.05, 4.69) is 10.5 Å². The first-order valence-corrected chi connectivity index (χ1v) is 5.10. The molecule has 0 amide bonds. The maximum Gasteiger partial charge on any atom is 0.175 e. The molecule has 1 aromatic carbocycles. The summed E-state index contributed by atoms with van der Waals surface area (Å²) in [5.74, 6) is -0.0148. The van der Waals surface area contributed by atoms with Crippen molar-refractivity contribution in [3.05, 3.63) is 29.3 Å². The molecule has 0 aliphatic rings. The van der Waals surface area contributed by atoms with Crippen LogP contribution in [0, 0.1) is 0 Å². The molecule has 0 spiro atoms. The van der Waals surface area contributed by atoms with Crippen molar-refractivity contribution in [2.24, 2.45) is 5.10 Å². The van der Waals surface area contributed by atoms with Crippen LogP contribution in [0.1, 0.15) is 20.3 Å². The van der Waals surface area contributed by atoms with E-state index in [-0.39, 0.29) is 5.78 Å². The minimum atomic E-state index is -0.0148. The summed E-state index contributed by atoms with van der Waals surface area (Å²) in [5.41, 5.74) is 4.16. The molecular formula is C11H13ClN2O. The fraction of sp³-hybridized carbons (Fsp3) is 0.273. The Morgan fingerprint density at radius 3 is 2.47 bits per heavy atom. The molecule has 0 radical (unpaired) electrons. The Bertz CT molecular complexity index is 371. The molecule has 0 aromatic heterocycles. The van der Waals surface area contributed by atoms with Gasteiger partial charge in [0.1, 0.15) is 5.71 Å². The summed E-state index contributed by atoms with van der Waals surface area (Å²) in [5, 5.41) is 4.69. The zero-order valence-corrected chi connectivity index (χ0v) is 9.51. The highest BCUT2D eigenvalue weighted by molar-refractivity contribution is 6.39. The van der Waals surface area contributed by atoms with E-state index in [9.17, 15) is 4.79 Å². The summed E-state index contributed by atoms with van der Waals surface area (Å²) in [4.78, 5) is 11.1. The summed E-state index contributed by atoms with van der Waals surface area (Å²) in [7, 11) is 0. The SMILES string of the molecule is CCC(=NNc1ccc(Cl)cc1)C(C)=O. The number of Topliss-reactive ketones (excluding diaryl/α,β-unsaturated/α-hetero) is 1. The van der Waals surface area contributed by atoms with Crippen molar-refractivity contribution in [2.75, 3.05) is 5.43 Å². The summed E-state index contributed by atoms with van der Waals surface area (Å²) in [6.07, 6.45) is 0.621. The third-order valence-electron chi connectivity index (χ3n) is 1.91. The first-order valence-electron chi connectivity index (χ1n) is 4.72. The number of carbonyl (C=O) groups excluding carboxylic acids is 1.